The summed E-state index contributed by atoms with van der Waals surface area (Å²) in [4.78, 5) is 32.5. The molecule has 7 heteroatoms. The van der Waals surface area contributed by atoms with Crippen molar-refractivity contribution >= 4 is 17.9 Å². The van der Waals surface area contributed by atoms with Gasteiger partial charge in [-0.2, -0.15) is 0 Å². The van der Waals surface area contributed by atoms with E-state index in [2.05, 4.69) is 6.58 Å². The molecule has 0 aliphatic rings. The molecule has 0 heterocycles. The van der Waals surface area contributed by atoms with Gasteiger partial charge in [-0.15, -0.1) is 0 Å². The van der Waals surface area contributed by atoms with Gasteiger partial charge in [0.25, 0.3) is 0 Å². The van der Waals surface area contributed by atoms with Crippen LogP contribution in [0.4, 0.5) is 0 Å². The fourth-order valence-electron chi connectivity index (χ4n) is 1.39. The Morgan fingerprint density at radius 2 is 1.76 bits per heavy atom. The van der Waals surface area contributed by atoms with E-state index in [1.54, 1.807) is 0 Å². The summed E-state index contributed by atoms with van der Waals surface area (Å²) in [5.41, 5.74) is 0.234. The van der Waals surface area contributed by atoms with Crippen LogP contribution in [0, 0.1) is 0 Å². The summed E-state index contributed by atoms with van der Waals surface area (Å²) in [5, 5.41) is 10.1. The maximum atomic E-state index is 11.0. The van der Waals surface area contributed by atoms with Gasteiger partial charge in [-0.25, -0.2) is 0 Å². The van der Waals surface area contributed by atoms with Gasteiger partial charge in [-0.1, -0.05) is 6.58 Å². The van der Waals surface area contributed by atoms with Crippen LogP contribution in [0.25, 0.3) is 0 Å². The summed E-state index contributed by atoms with van der Waals surface area (Å²) in [6, 6.07) is 0. The Kier molecular flexibility index (Phi) is 8.71. The van der Waals surface area contributed by atoms with Crippen molar-refractivity contribution in [2.45, 2.75) is 39.4 Å². The molecule has 0 bridgehead atoms. The Bertz CT molecular complexity index is 425. The van der Waals surface area contributed by atoms with Gasteiger partial charge in [-0.3, -0.25) is 14.4 Å². The van der Waals surface area contributed by atoms with E-state index in [0.717, 1.165) is 6.26 Å². The molecule has 1 N–H and O–H groups in total. The number of rotatable bonds is 8. The Balaban J connectivity index is 4.93. The number of esters is 3. The molecule has 0 rings (SSSR count). The number of aliphatic hydroxyl groups excluding tert-OH is 1. The Labute approximate surface area is 123 Å². The minimum absolute atomic E-state index is 0.0105. The van der Waals surface area contributed by atoms with E-state index in [-0.39, 0.29) is 18.6 Å². The zero-order valence-corrected chi connectivity index (χ0v) is 12.3. The van der Waals surface area contributed by atoms with Crippen LogP contribution in [0.1, 0.15) is 27.2 Å². The second-order valence-corrected chi connectivity index (χ2v) is 4.15. The highest BCUT2D eigenvalue weighted by Gasteiger charge is 2.23. The number of carbonyl (C=O) groups excluding carboxylic acids is 3. The van der Waals surface area contributed by atoms with Gasteiger partial charge in [-0.05, 0) is 6.08 Å². The van der Waals surface area contributed by atoms with Crippen molar-refractivity contribution in [2.75, 3.05) is 6.61 Å². The number of aliphatic hydroxyl groups is 1. The molecule has 0 spiro atoms. The van der Waals surface area contributed by atoms with Gasteiger partial charge in [0.15, 0.2) is 0 Å². The van der Waals surface area contributed by atoms with Crippen LogP contribution < -0.4 is 0 Å². The Morgan fingerprint density at radius 1 is 1.14 bits per heavy atom. The fourth-order valence-corrected chi connectivity index (χ4v) is 1.39. The third-order valence-corrected chi connectivity index (χ3v) is 2.30. The summed E-state index contributed by atoms with van der Waals surface area (Å²) >= 11 is 0. The van der Waals surface area contributed by atoms with Gasteiger partial charge in [0.05, 0.1) is 12.9 Å². The monoisotopic (exact) mass is 300 g/mol. The third-order valence-electron chi connectivity index (χ3n) is 2.30. The van der Waals surface area contributed by atoms with Gasteiger partial charge >= 0.3 is 17.9 Å². The Hall–Kier alpha value is -2.15. The summed E-state index contributed by atoms with van der Waals surface area (Å²) in [6.45, 7) is 7.09. The number of hydrogen-bond donors (Lipinski definition) is 1. The molecule has 118 valence electrons. The van der Waals surface area contributed by atoms with Crippen molar-refractivity contribution in [3.8, 4) is 0 Å². The topological polar surface area (TPSA) is 99.1 Å². The van der Waals surface area contributed by atoms with Crippen LogP contribution >= 0.6 is 0 Å². The molecule has 0 aliphatic carbocycles. The molecule has 21 heavy (non-hydrogen) atoms. The zero-order chi connectivity index (χ0) is 16.4. The second-order valence-electron chi connectivity index (χ2n) is 4.15. The van der Waals surface area contributed by atoms with Crippen LogP contribution in [-0.4, -0.2) is 41.8 Å². The number of carbonyl (C=O) groups is 3. The third kappa shape index (κ3) is 8.59. The van der Waals surface area contributed by atoms with Crippen molar-refractivity contribution in [1.82, 2.24) is 0 Å². The van der Waals surface area contributed by atoms with E-state index in [0.29, 0.717) is 0 Å². The first-order valence-corrected chi connectivity index (χ1v) is 6.25. The average molecular weight is 300 g/mol. The van der Waals surface area contributed by atoms with Crippen molar-refractivity contribution in [3.05, 3.63) is 24.5 Å². The van der Waals surface area contributed by atoms with E-state index in [4.69, 9.17) is 14.2 Å². The molecule has 0 fully saturated rings. The molecule has 0 aromatic heterocycles. The molecule has 2 unspecified atom stereocenters. The molecule has 0 aromatic rings. The molecule has 0 amide bonds. The first kappa shape index (κ1) is 18.9. The fraction of sp³-hybridized carbons (Fsp3) is 0.500. The predicted octanol–water partition coefficient (Wildman–Crippen LogP) is 0.865. The van der Waals surface area contributed by atoms with Crippen LogP contribution in [0.2, 0.25) is 0 Å². The maximum Gasteiger partial charge on any atom is 0.307 e. The maximum absolute atomic E-state index is 11.0. The number of hydrogen-bond acceptors (Lipinski definition) is 7. The van der Waals surface area contributed by atoms with Crippen LogP contribution in [0.3, 0.4) is 0 Å². The molecule has 0 saturated heterocycles. The van der Waals surface area contributed by atoms with Gasteiger partial charge < -0.3 is 19.3 Å². The van der Waals surface area contributed by atoms with Gasteiger partial charge in [0.2, 0.25) is 0 Å². The normalized spacial score (nSPS) is 13.8. The minimum atomic E-state index is -1.26. The highest BCUT2D eigenvalue weighted by molar-refractivity contribution is 5.67. The molecule has 2 atom stereocenters. The number of ether oxygens (including phenoxy) is 3. The van der Waals surface area contributed by atoms with E-state index in [1.165, 1.54) is 26.8 Å². The summed E-state index contributed by atoms with van der Waals surface area (Å²) < 4.78 is 14.3. The first-order chi connectivity index (χ1) is 9.77. The van der Waals surface area contributed by atoms with Crippen LogP contribution in [-0.2, 0) is 28.6 Å². The lowest BCUT2D eigenvalue weighted by Gasteiger charge is -2.21. The van der Waals surface area contributed by atoms with Crippen molar-refractivity contribution < 1.29 is 33.7 Å². The van der Waals surface area contributed by atoms with E-state index in [9.17, 15) is 19.5 Å². The van der Waals surface area contributed by atoms with Crippen molar-refractivity contribution in [1.29, 1.82) is 0 Å². The molecule has 0 aliphatic heterocycles. The quantitative estimate of drug-likeness (QED) is 0.307. The standard InChI is InChI=1S/C14H20O7/c1-5-13(21-11(4)17)14(18)12(8-20-10(3)16)6-7-19-9(2)15/h5,8,13-14,18H,1,6-7H2,2-4H3. The first-order valence-electron chi connectivity index (χ1n) is 6.25. The molecular weight excluding hydrogens is 280 g/mol. The smallest absolute Gasteiger partial charge is 0.307 e. The van der Waals surface area contributed by atoms with Gasteiger partial charge in [0.1, 0.15) is 12.2 Å². The average Bonchev–Trinajstić information content (AvgIpc) is 2.38. The van der Waals surface area contributed by atoms with E-state index >= 15 is 0 Å². The van der Waals surface area contributed by atoms with E-state index in [1.807, 2.05) is 0 Å². The molecule has 7 nitrogen and oxygen atoms in total. The largest absolute Gasteiger partial charge is 0.466 e. The lowest BCUT2D eigenvalue weighted by molar-refractivity contribution is -0.148. The summed E-state index contributed by atoms with van der Waals surface area (Å²) in [5.74, 6) is -1.64. The molecular formula is C14H20O7. The van der Waals surface area contributed by atoms with Crippen molar-refractivity contribution in [2.24, 2.45) is 0 Å². The molecule has 0 saturated carbocycles. The molecule has 0 radical (unpaired) electrons. The van der Waals surface area contributed by atoms with Crippen LogP contribution in [0.15, 0.2) is 24.5 Å². The predicted molar refractivity (Wildman–Crippen MR) is 72.9 cm³/mol. The zero-order valence-electron chi connectivity index (χ0n) is 12.3. The van der Waals surface area contributed by atoms with Gasteiger partial charge in [0, 0.05) is 32.8 Å². The SMILES string of the molecule is C=CC(OC(C)=O)C(O)C(=COC(C)=O)CCOC(C)=O. The second kappa shape index (κ2) is 9.71. The Morgan fingerprint density at radius 3 is 2.19 bits per heavy atom. The van der Waals surface area contributed by atoms with Crippen LogP contribution in [0.5, 0.6) is 0 Å². The summed E-state index contributed by atoms with van der Waals surface area (Å²) in [6.07, 6.45) is 0.151. The van der Waals surface area contributed by atoms with Crippen molar-refractivity contribution in [3.63, 3.8) is 0 Å². The van der Waals surface area contributed by atoms with E-state index < -0.39 is 30.1 Å². The lowest BCUT2D eigenvalue weighted by Crippen LogP contribution is -2.31. The highest BCUT2D eigenvalue weighted by Crippen LogP contribution is 2.16. The minimum Gasteiger partial charge on any atom is -0.466 e. The lowest BCUT2D eigenvalue weighted by atomic mass is 10.0. The molecule has 0 aromatic carbocycles. The highest BCUT2D eigenvalue weighted by atomic mass is 16.6. The summed E-state index contributed by atoms with van der Waals surface area (Å²) in [7, 11) is 0.